The molecule has 4 fully saturated rings. The number of amides is 1. The summed E-state index contributed by atoms with van der Waals surface area (Å²) in [5.41, 5.74) is 0.151. The molecule has 3 unspecified atom stereocenters. The van der Waals surface area contributed by atoms with Crippen LogP contribution < -0.4 is 5.32 Å². The molecular weight excluding hydrogens is 493 g/mol. The lowest BCUT2D eigenvalue weighted by atomic mass is 9.57. The Hall–Kier alpha value is -0.610. The van der Waals surface area contributed by atoms with E-state index >= 15 is 0 Å². The van der Waals surface area contributed by atoms with Crippen LogP contribution in [0.15, 0.2) is 4.99 Å². The van der Waals surface area contributed by atoms with E-state index in [1.54, 1.807) is 0 Å². The summed E-state index contributed by atoms with van der Waals surface area (Å²) in [6.45, 7) is 11.6. The van der Waals surface area contributed by atoms with Crippen molar-refractivity contribution < 1.29 is 9.53 Å². The second kappa shape index (κ2) is 10.3. The fourth-order valence-electron chi connectivity index (χ4n) is 5.78. The van der Waals surface area contributed by atoms with E-state index in [2.05, 4.69) is 38.9 Å². The van der Waals surface area contributed by atoms with Crippen molar-refractivity contribution in [2.75, 3.05) is 59.5 Å². The van der Waals surface area contributed by atoms with Crippen molar-refractivity contribution in [3.05, 3.63) is 0 Å². The fraction of sp³-hybridized carbons (Fsp3) is 0.909. The normalized spacial score (nSPS) is 32.0. The van der Waals surface area contributed by atoms with Crippen LogP contribution in [0.2, 0.25) is 0 Å². The maximum atomic E-state index is 12.7. The highest BCUT2D eigenvalue weighted by atomic mass is 127. The van der Waals surface area contributed by atoms with E-state index in [-0.39, 0.29) is 29.4 Å². The van der Waals surface area contributed by atoms with Gasteiger partial charge in [-0.1, -0.05) is 26.7 Å². The number of guanidine groups is 1. The molecule has 1 saturated carbocycles. The van der Waals surface area contributed by atoms with Crippen LogP contribution in [0.25, 0.3) is 0 Å². The van der Waals surface area contributed by atoms with Crippen molar-refractivity contribution >= 4 is 35.8 Å². The molecule has 4 rings (SSSR count). The SMILES string of the molecule is CN=C(NC1C2CCOC2C1(C)C)N1CCN(CC(=O)N2CCCCCC2)CC1.I. The summed E-state index contributed by atoms with van der Waals surface area (Å²) in [7, 11) is 1.88. The highest BCUT2D eigenvalue weighted by Crippen LogP contribution is 2.52. The minimum absolute atomic E-state index is 0. The van der Waals surface area contributed by atoms with Crippen molar-refractivity contribution in [1.82, 2.24) is 20.0 Å². The van der Waals surface area contributed by atoms with E-state index in [1.807, 2.05) is 7.05 Å². The lowest BCUT2D eigenvalue weighted by Gasteiger charge is -2.55. The second-order valence-electron chi connectivity index (χ2n) is 9.79. The third kappa shape index (κ3) is 4.90. The molecule has 0 aromatic carbocycles. The van der Waals surface area contributed by atoms with Crippen LogP contribution in [-0.4, -0.2) is 98.2 Å². The summed E-state index contributed by atoms with van der Waals surface area (Å²) in [4.78, 5) is 24.0. The van der Waals surface area contributed by atoms with E-state index in [0.717, 1.165) is 71.1 Å². The quantitative estimate of drug-likeness (QED) is 0.342. The Morgan fingerprint density at radius 1 is 1.03 bits per heavy atom. The molecule has 0 radical (unpaired) electrons. The van der Waals surface area contributed by atoms with Crippen molar-refractivity contribution in [1.29, 1.82) is 0 Å². The van der Waals surface area contributed by atoms with Crippen LogP contribution >= 0.6 is 24.0 Å². The van der Waals surface area contributed by atoms with Crippen molar-refractivity contribution in [2.45, 2.75) is 58.1 Å². The predicted molar refractivity (Wildman–Crippen MR) is 130 cm³/mol. The van der Waals surface area contributed by atoms with Crippen LogP contribution in [-0.2, 0) is 9.53 Å². The number of fused-ring (bicyclic) bond motifs is 1. The van der Waals surface area contributed by atoms with Gasteiger partial charge in [-0.15, -0.1) is 24.0 Å². The number of carbonyl (C=O) groups excluding carboxylic acids is 1. The molecule has 7 nitrogen and oxygen atoms in total. The first-order chi connectivity index (χ1) is 14.0. The summed E-state index contributed by atoms with van der Waals surface area (Å²) in [6.07, 6.45) is 6.38. The number of nitrogens with one attached hydrogen (secondary N) is 1. The molecule has 1 N–H and O–H groups in total. The smallest absolute Gasteiger partial charge is 0.236 e. The molecule has 30 heavy (non-hydrogen) atoms. The largest absolute Gasteiger partial charge is 0.377 e. The third-order valence-electron chi connectivity index (χ3n) is 7.59. The molecule has 1 aliphatic carbocycles. The van der Waals surface area contributed by atoms with Gasteiger partial charge in [-0.2, -0.15) is 0 Å². The zero-order chi connectivity index (χ0) is 20.4. The molecule has 8 heteroatoms. The van der Waals surface area contributed by atoms with Gasteiger partial charge in [0.05, 0.1) is 12.6 Å². The Labute approximate surface area is 199 Å². The first kappa shape index (κ1) is 24.0. The molecule has 3 atom stereocenters. The van der Waals surface area contributed by atoms with Crippen LogP contribution in [0.4, 0.5) is 0 Å². The van der Waals surface area contributed by atoms with Gasteiger partial charge in [-0.25, -0.2) is 0 Å². The van der Waals surface area contributed by atoms with Gasteiger partial charge in [0.1, 0.15) is 0 Å². The van der Waals surface area contributed by atoms with Gasteiger partial charge in [0.2, 0.25) is 5.91 Å². The van der Waals surface area contributed by atoms with E-state index in [1.165, 1.54) is 12.8 Å². The average Bonchev–Trinajstić information content (AvgIpc) is 3.00. The molecule has 0 bridgehead atoms. The Kier molecular flexibility index (Phi) is 8.28. The maximum absolute atomic E-state index is 12.7. The predicted octanol–water partition coefficient (Wildman–Crippen LogP) is 2.01. The number of rotatable bonds is 3. The topological polar surface area (TPSA) is 60.4 Å². The monoisotopic (exact) mass is 533 g/mol. The number of likely N-dealkylation sites (tertiary alicyclic amines) is 1. The number of piperazine rings is 1. The summed E-state index contributed by atoms with van der Waals surface area (Å²) in [5, 5.41) is 3.75. The van der Waals surface area contributed by atoms with Crippen LogP contribution in [0.3, 0.4) is 0 Å². The second-order valence-corrected chi connectivity index (χ2v) is 9.79. The Balaban J connectivity index is 0.00000256. The number of nitrogens with zero attached hydrogens (tertiary/aromatic N) is 4. The average molecular weight is 533 g/mol. The molecule has 3 saturated heterocycles. The Morgan fingerprint density at radius 3 is 2.33 bits per heavy atom. The summed E-state index contributed by atoms with van der Waals surface area (Å²) in [5.74, 6) is 1.92. The summed E-state index contributed by atoms with van der Waals surface area (Å²) < 4.78 is 5.93. The number of ether oxygens (including phenoxy) is 1. The highest BCUT2D eigenvalue weighted by molar-refractivity contribution is 14.0. The summed E-state index contributed by atoms with van der Waals surface area (Å²) >= 11 is 0. The van der Waals surface area contributed by atoms with E-state index in [9.17, 15) is 4.79 Å². The number of carbonyl (C=O) groups is 1. The maximum Gasteiger partial charge on any atom is 0.236 e. The molecule has 4 aliphatic rings. The standard InChI is InChI=1S/C22H39N5O2.HI/c1-22(2)19(17-8-15-29-20(17)22)24-21(23-3)27-13-11-25(12-14-27)16-18(28)26-9-6-4-5-7-10-26;/h17,19-20H,4-16H2,1-3H3,(H,23,24);1H. The molecule has 172 valence electrons. The van der Waals surface area contributed by atoms with Gasteiger partial charge in [0, 0.05) is 70.3 Å². The van der Waals surface area contributed by atoms with E-state index < -0.39 is 0 Å². The van der Waals surface area contributed by atoms with Crippen LogP contribution in [0, 0.1) is 11.3 Å². The van der Waals surface area contributed by atoms with Gasteiger partial charge in [-0.3, -0.25) is 14.7 Å². The number of hydrogen-bond donors (Lipinski definition) is 1. The first-order valence-electron chi connectivity index (χ1n) is 11.6. The van der Waals surface area contributed by atoms with Gasteiger partial charge in [0.15, 0.2) is 5.96 Å². The zero-order valence-corrected chi connectivity index (χ0v) is 21.3. The van der Waals surface area contributed by atoms with Gasteiger partial charge < -0.3 is 19.9 Å². The molecular formula is C22H40IN5O2. The van der Waals surface area contributed by atoms with Crippen molar-refractivity contribution in [3.63, 3.8) is 0 Å². The molecule has 3 aliphatic heterocycles. The van der Waals surface area contributed by atoms with Crippen LogP contribution in [0.1, 0.15) is 46.0 Å². The lowest BCUT2D eigenvalue weighted by molar-refractivity contribution is -0.132. The third-order valence-corrected chi connectivity index (χ3v) is 7.59. The molecule has 3 heterocycles. The zero-order valence-electron chi connectivity index (χ0n) is 18.9. The van der Waals surface area contributed by atoms with Gasteiger partial charge in [-0.05, 0) is 19.3 Å². The lowest BCUT2D eigenvalue weighted by Crippen LogP contribution is -2.68. The molecule has 0 aromatic rings. The minimum Gasteiger partial charge on any atom is -0.377 e. The Bertz CT molecular complexity index is 613. The van der Waals surface area contributed by atoms with Crippen molar-refractivity contribution in [3.8, 4) is 0 Å². The van der Waals surface area contributed by atoms with E-state index in [0.29, 0.717) is 30.5 Å². The minimum atomic E-state index is 0. The van der Waals surface area contributed by atoms with E-state index in [4.69, 9.17) is 4.74 Å². The van der Waals surface area contributed by atoms with Gasteiger partial charge in [0.25, 0.3) is 0 Å². The van der Waals surface area contributed by atoms with Crippen LogP contribution in [0.5, 0.6) is 0 Å². The molecule has 0 aromatic heterocycles. The van der Waals surface area contributed by atoms with Crippen molar-refractivity contribution in [2.24, 2.45) is 16.3 Å². The summed E-state index contributed by atoms with van der Waals surface area (Å²) in [6, 6.07) is 0.427. The first-order valence-corrected chi connectivity index (χ1v) is 11.6. The number of hydrogen-bond acceptors (Lipinski definition) is 4. The Morgan fingerprint density at radius 2 is 1.70 bits per heavy atom. The number of aliphatic imine (C=N–C) groups is 1. The van der Waals surface area contributed by atoms with Gasteiger partial charge >= 0.3 is 0 Å². The molecule has 1 amide bonds. The molecule has 0 spiro atoms. The highest BCUT2D eigenvalue weighted by Gasteiger charge is 2.59. The fourth-order valence-corrected chi connectivity index (χ4v) is 5.78. The number of halogens is 1.